The summed E-state index contributed by atoms with van der Waals surface area (Å²) >= 11 is 0. The van der Waals surface area contributed by atoms with Crippen LogP contribution in [-0.2, 0) is 13.5 Å². The van der Waals surface area contributed by atoms with Gasteiger partial charge < -0.3 is 5.32 Å². The molecule has 0 aliphatic heterocycles. The van der Waals surface area contributed by atoms with Gasteiger partial charge in [-0.1, -0.05) is 6.92 Å². The smallest absolute Gasteiger partial charge is 0.254 e. The third-order valence-corrected chi connectivity index (χ3v) is 3.04. The summed E-state index contributed by atoms with van der Waals surface area (Å²) in [7, 11) is 1.91. The Morgan fingerprint density at radius 3 is 2.84 bits per heavy atom. The largest absolute Gasteiger partial charge is 0.323 e. The van der Waals surface area contributed by atoms with Crippen molar-refractivity contribution >= 4 is 17.4 Å². The highest BCUT2D eigenvalue weighted by Gasteiger charge is 2.09. The molecule has 0 amide bonds. The van der Waals surface area contributed by atoms with Gasteiger partial charge in [0, 0.05) is 30.6 Å². The van der Waals surface area contributed by atoms with E-state index in [2.05, 4.69) is 32.4 Å². The van der Waals surface area contributed by atoms with Crippen LogP contribution >= 0.6 is 0 Å². The van der Waals surface area contributed by atoms with Gasteiger partial charge in [0.25, 0.3) is 5.78 Å². The number of anilines is 2. The van der Waals surface area contributed by atoms with E-state index >= 15 is 0 Å². The highest BCUT2D eigenvalue weighted by molar-refractivity contribution is 5.55. The van der Waals surface area contributed by atoms with Gasteiger partial charge >= 0.3 is 0 Å². The lowest BCUT2D eigenvalue weighted by molar-refractivity contribution is 0.742. The Morgan fingerprint density at radius 1 is 1.32 bits per heavy atom. The molecule has 0 aliphatic carbocycles. The second-order valence-electron chi connectivity index (χ2n) is 4.38. The Morgan fingerprint density at radius 2 is 2.16 bits per heavy atom. The molecule has 3 heterocycles. The topological polar surface area (TPSA) is 72.9 Å². The van der Waals surface area contributed by atoms with Crippen molar-refractivity contribution in [2.45, 2.75) is 20.3 Å². The molecule has 7 nitrogen and oxygen atoms in total. The van der Waals surface area contributed by atoms with E-state index in [1.165, 1.54) is 6.33 Å². The van der Waals surface area contributed by atoms with E-state index in [0.29, 0.717) is 5.78 Å². The fraction of sp³-hybridized carbons (Fsp3) is 0.333. The van der Waals surface area contributed by atoms with Gasteiger partial charge in [0.2, 0.25) is 0 Å². The standard InChI is InChI=1S/C12H15N7/c1-4-9-6-11(19-12(15-9)13-7-14-19)16-10-5-8(2)18(3)17-10/h5-7H,4H2,1-3H3,(H,16,17). The highest BCUT2D eigenvalue weighted by Crippen LogP contribution is 2.17. The van der Waals surface area contributed by atoms with E-state index in [4.69, 9.17) is 0 Å². The first-order valence-electron chi connectivity index (χ1n) is 6.14. The molecule has 0 atom stereocenters. The van der Waals surface area contributed by atoms with Gasteiger partial charge in [-0.2, -0.15) is 19.7 Å². The minimum absolute atomic E-state index is 0.592. The van der Waals surface area contributed by atoms with Gasteiger partial charge in [-0.25, -0.2) is 4.98 Å². The lowest BCUT2D eigenvalue weighted by atomic mass is 10.3. The summed E-state index contributed by atoms with van der Waals surface area (Å²) in [6, 6.07) is 3.94. The number of fused-ring (bicyclic) bond motifs is 1. The van der Waals surface area contributed by atoms with Crippen molar-refractivity contribution in [3.05, 3.63) is 29.8 Å². The summed E-state index contributed by atoms with van der Waals surface area (Å²) in [5, 5.41) is 11.8. The Bertz CT molecular complexity index is 705. The van der Waals surface area contributed by atoms with Crippen molar-refractivity contribution in [3.63, 3.8) is 0 Å². The molecule has 0 radical (unpaired) electrons. The Kier molecular flexibility index (Phi) is 2.66. The highest BCUT2D eigenvalue weighted by atomic mass is 15.4. The zero-order chi connectivity index (χ0) is 13.4. The van der Waals surface area contributed by atoms with E-state index in [0.717, 1.165) is 29.4 Å². The average Bonchev–Trinajstić information content (AvgIpc) is 2.97. The van der Waals surface area contributed by atoms with Gasteiger partial charge in [-0.05, 0) is 13.3 Å². The molecule has 0 unspecified atom stereocenters. The molecule has 0 saturated heterocycles. The van der Waals surface area contributed by atoms with Crippen LogP contribution in [0.3, 0.4) is 0 Å². The Labute approximate surface area is 110 Å². The zero-order valence-electron chi connectivity index (χ0n) is 11.1. The molecule has 3 aromatic heterocycles. The molecular weight excluding hydrogens is 242 g/mol. The average molecular weight is 257 g/mol. The second-order valence-corrected chi connectivity index (χ2v) is 4.38. The van der Waals surface area contributed by atoms with E-state index in [-0.39, 0.29) is 0 Å². The molecule has 0 spiro atoms. The van der Waals surface area contributed by atoms with Crippen LogP contribution in [-0.4, -0.2) is 29.4 Å². The molecule has 0 aliphatic rings. The Balaban J connectivity index is 2.05. The van der Waals surface area contributed by atoms with E-state index in [1.54, 1.807) is 4.52 Å². The van der Waals surface area contributed by atoms with Crippen LogP contribution in [0.2, 0.25) is 0 Å². The fourth-order valence-corrected chi connectivity index (χ4v) is 1.88. The molecule has 0 saturated carbocycles. The monoisotopic (exact) mass is 257 g/mol. The fourth-order valence-electron chi connectivity index (χ4n) is 1.88. The van der Waals surface area contributed by atoms with Crippen LogP contribution in [0, 0.1) is 6.92 Å². The quantitative estimate of drug-likeness (QED) is 0.769. The second kappa shape index (κ2) is 4.34. The van der Waals surface area contributed by atoms with Crippen LogP contribution in [0.25, 0.3) is 5.78 Å². The van der Waals surface area contributed by atoms with Crippen molar-refractivity contribution in [2.75, 3.05) is 5.32 Å². The van der Waals surface area contributed by atoms with E-state index in [9.17, 15) is 0 Å². The number of hydrogen-bond acceptors (Lipinski definition) is 5. The number of hydrogen-bond donors (Lipinski definition) is 1. The first kappa shape index (κ1) is 11.6. The molecule has 7 heteroatoms. The lowest BCUT2D eigenvalue weighted by Gasteiger charge is -2.06. The van der Waals surface area contributed by atoms with E-state index < -0.39 is 0 Å². The summed E-state index contributed by atoms with van der Waals surface area (Å²) in [5.74, 6) is 2.19. The SMILES string of the molecule is CCc1cc(Nc2cc(C)n(C)n2)n2ncnc2n1. The number of nitrogens with zero attached hydrogens (tertiary/aromatic N) is 6. The molecule has 3 rings (SSSR count). The summed E-state index contributed by atoms with van der Waals surface area (Å²) < 4.78 is 3.49. The molecule has 1 N–H and O–H groups in total. The van der Waals surface area contributed by atoms with Gasteiger partial charge in [-0.15, -0.1) is 0 Å². The normalized spacial score (nSPS) is 11.1. The number of aryl methyl sites for hydroxylation is 3. The predicted molar refractivity (Wildman–Crippen MR) is 71.4 cm³/mol. The first-order chi connectivity index (χ1) is 9.17. The molecule has 98 valence electrons. The van der Waals surface area contributed by atoms with Crippen LogP contribution in [0.5, 0.6) is 0 Å². The molecule has 0 aromatic carbocycles. The summed E-state index contributed by atoms with van der Waals surface area (Å²) in [4.78, 5) is 8.53. The first-order valence-corrected chi connectivity index (χ1v) is 6.14. The lowest BCUT2D eigenvalue weighted by Crippen LogP contribution is -2.04. The van der Waals surface area contributed by atoms with Gasteiger partial charge in [0.1, 0.15) is 12.1 Å². The molecule has 19 heavy (non-hydrogen) atoms. The van der Waals surface area contributed by atoms with Gasteiger partial charge in [-0.3, -0.25) is 4.68 Å². The number of nitrogens with one attached hydrogen (secondary N) is 1. The van der Waals surface area contributed by atoms with Crippen LogP contribution in [0.15, 0.2) is 18.5 Å². The zero-order valence-corrected chi connectivity index (χ0v) is 11.1. The number of aromatic nitrogens is 6. The van der Waals surface area contributed by atoms with Crippen LogP contribution in [0.1, 0.15) is 18.3 Å². The van der Waals surface area contributed by atoms with Crippen molar-refractivity contribution in [2.24, 2.45) is 7.05 Å². The van der Waals surface area contributed by atoms with Crippen molar-refractivity contribution in [1.29, 1.82) is 0 Å². The van der Waals surface area contributed by atoms with Gasteiger partial charge in [0.15, 0.2) is 5.82 Å². The third-order valence-electron chi connectivity index (χ3n) is 3.04. The van der Waals surface area contributed by atoms with Crippen molar-refractivity contribution in [3.8, 4) is 0 Å². The maximum Gasteiger partial charge on any atom is 0.254 e. The minimum Gasteiger partial charge on any atom is -0.323 e. The maximum atomic E-state index is 4.40. The predicted octanol–water partition coefficient (Wildman–Crippen LogP) is 1.47. The van der Waals surface area contributed by atoms with E-state index in [1.807, 2.05) is 30.8 Å². The summed E-state index contributed by atoms with van der Waals surface area (Å²) in [5.41, 5.74) is 2.05. The van der Waals surface area contributed by atoms with Crippen molar-refractivity contribution < 1.29 is 0 Å². The van der Waals surface area contributed by atoms with Gasteiger partial charge in [0.05, 0.1) is 0 Å². The van der Waals surface area contributed by atoms with Crippen LogP contribution in [0.4, 0.5) is 11.6 Å². The Hall–Kier alpha value is -2.44. The molecule has 0 bridgehead atoms. The maximum absolute atomic E-state index is 4.40. The summed E-state index contributed by atoms with van der Waals surface area (Å²) in [6.07, 6.45) is 2.34. The molecule has 3 aromatic rings. The minimum atomic E-state index is 0.592. The van der Waals surface area contributed by atoms with Crippen LogP contribution < -0.4 is 5.32 Å². The van der Waals surface area contributed by atoms with Crippen molar-refractivity contribution in [1.82, 2.24) is 29.4 Å². The molecular formula is C12H15N7. The molecule has 0 fully saturated rings. The third kappa shape index (κ3) is 2.03. The number of rotatable bonds is 3. The summed E-state index contributed by atoms with van der Waals surface area (Å²) in [6.45, 7) is 4.07.